The molecule has 2 atom stereocenters. The van der Waals surface area contributed by atoms with Crippen LogP contribution in [0.2, 0.25) is 0 Å². The van der Waals surface area contributed by atoms with Gasteiger partial charge in [-0.1, -0.05) is 0 Å². The van der Waals surface area contributed by atoms with Crippen molar-refractivity contribution >= 4 is 33.2 Å². The Morgan fingerprint density at radius 2 is 2.12 bits per heavy atom. The highest BCUT2D eigenvalue weighted by atomic mass is 79.9. The van der Waals surface area contributed by atoms with E-state index in [1.54, 1.807) is 11.3 Å². The van der Waals surface area contributed by atoms with Gasteiger partial charge in [0, 0.05) is 30.1 Å². The first-order chi connectivity index (χ1) is 8.04. The number of amides is 1. The predicted octanol–water partition coefficient (Wildman–Crippen LogP) is 2.26. The second kappa shape index (κ2) is 5.50. The molecule has 0 radical (unpaired) electrons. The zero-order valence-corrected chi connectivity index (χ0v) is 12.5. The van der Waals surface area contributed by atoms with E-state index >= 15 is 0 Å². The van der Waals surface area contributed by atoms with Crippen LogP contribution in [0.1, 0.15) is 18.7 Å². The van der Waals surface area contributed by atoms with Crippen LogP contribution in [0, 0.1) is 0 Å². The molecule has 2 rings (SSSR count). The number of halogens is 1. The largest absolute Gasteiger partial charge is 0.339 e. The molecule has 1 saturated heterocycles. The van der Waals surface area contributed by atoms with Gasteiger partial charge in [-0.2, -0.15) is 0 Å². The van der Waals surface area contributed by atoms with Crippen molar-refractivity contribution in [3.8, 4) is 0 Å². The molecular weight excluding hydrogens is 300 g/mol. The standard InChI is InChI=1S/C12H17BrN2OS/c1-8-6-15(7-9(2)14-8)12(16)5-10-3-4-11(13)17-10/h3-4,8-9,14H,5-7H2,1-2H3/t8-,9-/m0/s1. The highest BCUT2D eigenvalue weighted by Gasteiger charge is 2.24. The summed E-state index contributed by atoms with van der Waals surface area (Å²) >= 11 is 5.06. The van der Waals surface area contributed by atoms with Gasteiger partial charge in [-0.3, -0.25) is 4.79 Å². The highest BCUT2D eigenvalue weighted by Crippen LogP contribution is 2.23. The highest BCUT2D eigenvalue weighted by molar-refractivity contribution is 9.11. The van der Waals surface area contributed by atoms with Gasteiger partial charge in [0.2, 0.25) is 5.91 Å². The summed E-state index contributed by atoms with van der Waals surface area (Å²) in [5.74, 6) is 0.236. The van der Waals surface area contributed by atoms with Crippen molar-refractivity contribution in [2.75, 3.05) is 13.1 Å². The quantitative estimate of drug-likeness (QED) is 0.907. The van der Waals surface area contributed by atoms with Crippen LogP contribution >= 0.6 is 27.3 Å². The van der Waals surface area contributed by atoms with Gasteiger partial charge in [-0.25, -0.2) is 0 Å². The molecule has 0 aromatic carbocycles. The molecule has 0 unspecified atom stereocenters. The molecule has 1 amide bonds. The number of rotatable bonds is 2. The molecule has 1 aliphatic rings. The lowest BCUT2D eigenvalue weighted by molar-refractivity contribution is -0.132. The first-order valence-corrected chi connectivity index (χ1v) is 7.43. The molecule has 0 spiro atoms. The van der Waals surface area contributed by atoms with Crippen molar-refractivity contribution in [1.82, 2.24) is 10.2 Å². The minimum atomic E-state index is 0.236. The molecular formula is C12H17BrN2OS. The lowest BCUT2D eigenvalue weighted by Crippen LogP contribution is -2.56. The van der Waals surface area contributed by atoms with E-state index in [0.717, 1.165) is 21.8 Å². The number of carbonyl (C=O) groups is 1. The fourth-order valence-electron chi connectivity index (χ4n) is 2.24. The summed E-state index contributed by atoms with van der Waals surface area (Å²) in [5, 5.41) is 3.43. The Hall–Kier alpha value is -0.390. The molecule has 2 heterocycles. The van der Waals surface area contributed by atoms with Gasteiger partial charge < -0.3 is 10.2 Å². The monoisotopic (exact) mass is 316 g/mol. The summed E-state index contributed by atoms with van der Waals surface area (Å²) in [6.45, 7) is 5.88. The second-order valence-corrected chi connectivity index (χ2v) is 7.20. The first-order valence-electron chi connectivity index (χ1n) is 5.82. The molecule has 5 heteroatoms. The molecule has 1 aromatic rings. The number of nitrogens with zero attached hydrogens (tertiary/aromatic N) is 1. The van der Waals surface area contributed by atoms with Gasteiger partial charge in [0.25, 0.3) is 0 Å². The predicted molar refractivity (Wildman–Crippen MR) is 74.4 cm³/mol. The number of nitrogens with one attached hydrogen (secondary N) is 1. The second-order valence-electron chi connectivity index (χ2n) is 4.65. The molecule has 0 saturated carbocycles. The van der Waals surface area contributed by atoms with Crippen LogP contribution in [0.5, 0.6) is 0 Å². The third-order valence-electron chi connectivity index (χ3n) is 2.86. The van der Waals surface area contributed by atoms with E-state index in [0.29, 0.717) is 18.5 Å². The number of hydrogen-bond donors (Lipinski definition) is 1. The fraction of sp³-hybridized carbons (Fsp3) is 0.583. The Morgan fingerprint density at radius 3 is 2.65 bits per heavy atom. The lowest BCUT2D eigenvalue weighted by atomic mass is 10.1. The van der Waals surface area contributed by atoms with Gasteiger partial charge in [0.05, 0.1) is 10.2 Å². The van der Waals surface area contributed by atoms with Gasteiger partial charge in [-0.05, 0) is 41.9 Å². The zero-order valence-electron chi connectivity index (χ0n) is 10.1. The van der Waals surface area contributed by atoms with Crippen molar-refractivity contribution in [2.24, 2.45) is 0 Å². The molecule has 0 bridgehead atoms. The SMILES string of the molecule is C[C@H]1CN(C(=O)Cc2ccc(Br)s2)C[C@H](C)N1. The van der Waals surface area contributed by atoms with Crippen LogP contribution in [0.4, 0.5) is 0 Å². The van der Waals surface area contributed by atoms with Crippen LogP contribution in [0.25, 0.3) is 0 Å². The third-order valence-corrected chi connectivity index (χ3v) is 4.49. The summed E-state index contributed by atoms with van der Waals surface area (Å²) in [4.78, 5) is 15.3. The van der Waals surface area contributed by atoms with Crippen molar-refractivity contribution in [3.63, 3.8) is 0 Å². The molecule has 1 N–H and O–H groups in total. The van der Waals surface area contributed by atoms with E-state index in [9.17, 15) is 4.79 Å². The van der Waals surface area contributed by atoms with Crippen LogP contribution in [0.3, 0.4) is 0 Å². The van der Waals surface area contributed by atoms with E-state index in [-0.39, 0.29) is 5.91 Å². The Labute approximate surface area is 114 Å². The number of thiophene rings is 1. The van der Waals surface area contributed by atoms with Crippen molar-refractivity contribution in [1.29, 1.82) is 0 Å². The van der Waals surface area contributed by atoms with Crippen LogP contribution in [-0.4, -0.2) is 36.0 Å². The fourth-order valence-corrected chi connectivity index (χ4v) is 3.71. The molecule has 3 nitrogen and oxygen atoms in total. The summed E-state index contributed by atoms with van der Waals surface area (Å²) in [6, 6.07) is 4.79. The maximum absolute atomic E-state index is 12.2. The Morgan fingerprint density at radius 1 is 1.47 bits per heavy atom. The smallest absolute Gasteiger partial charge is 0.227 e. The van der Waals surface area contributed by atoms with Crippen LogP contribution in [-0.2, 0) is 11.2 Å². The maximum Gasteiger partial charge on any atom is 0.227 e. The average molecular weight is 317 g/mol. The summed E-state index contributed by atoms with van der Waals surface area (Å²) in [6.07, 6.45) is 0.524. The normalized spacial score (nSPS) is 25.0. The minimum Gasteiger partial charge on any atom is -0.339 e. The topological polar surface area (TPSA) is 32.3 Å². The molecule has 1 aliphatic heterocycles. The van der Waals surface area contributed by atoms with Gasteiger partial charge >= 0.3 is 0 Å². The molecule has 1 fully saturated rings. The third kappa shape index (κ3) is 3.53. The zero-order chi connectivity index (χ0) is 12.4. The Kier molecular flexibility index (Phi) is 4.22. The number of hydrogen-bond acceptors (Lipinski definition) is 3. The minimum absolute atomic E-state index is 0.236. The van der Waals surface area contributed by atoms with Gasteiger partial charge in [0.1, 0.15) is 0 Å². The van der Waals surface area contributed by atoms with Gasteiger partial charge in [0.15, 0.2) is 0 Å². The summed E-state index contributed by atoms with van der Waals surface area (Å²) in [7, 11) is 0. The number of piperazine rings is 1. The van der Waals surface area contributed by atoms with E-state index in [1.807, 2.05) is 17.0 Å². The van der Waals surface area contributed by atoms with Gasteiger partial charge in [-0.15, -0.1) is 11.3 Å². The maximum atomic E-state index is 12.2. The molecule has 0 aliphatic carbocycles. The summed E-state index contributed by atoms with van der Waals surface area (Å²) in [5.41, 5.74) is 0. The van der Waals surface area contributed by atoms with Crippen LogP contribution in [0.15, 0.2) is 15.9 Å². The lowest BCUT2D eigenvalue weighted by Gasteiger charge is -2.36. The van der Waals surface area contributed by atoms with E-state index in [4.69, 9.17) is 0 Å². The van der Waals surface area contributed by atoms with Crippen LogP contribution < -0.4 is 5.32 Å². The van der Waals surface area contributed by atoms with Crippen molar-refractivity contribution in [2.45, 2.75) is 32.4 Å². The van der Waals surface area contributed by atoms with E-state index in [1.165, 1.54) is 0 Å². The summed E-state index contributed by atoms with van der Waals surface area (Å²) < 4.78 is 1.09. The molecule has 94 valence electrons. The Bertz CT molecular complexity index is 397. The number of carbonyl (C=O) groups excluding carboxylic acids is 1. The van der Waals surface area contributed by atoms with E-state index < -0.39 is 0 Å². The average Bonchev–Trinajstić information content (AvgIpc) is 2.62. The molecule has 17 heavy (non-hydrogen) atoms. The van der Waals surface area contributed by atoms with E-state index in [2.05, 4.69) is 35.1 Å². The molecule has 1 aromatic heterocycles. The van der Waals surface area contributed by atoms with Crippen molar-refractivity contribution in [3.05, 3.63) is 20.8 Å². The van der Waals surface area contributed by atoms with Crippen molar-refractivity contribution < 1.29 is 4.79 Å². The first kappa shape index (κ1) is 13.1. The Balaban J connectivity index is 1.95.